The van der Waals surface area contributed by atoms with Gasteiger partial charge in [-0.25, -0.2) is 4.79 Å². The molecule has 8 unspecified atom stereocenters. The fourth-order valence-electron chi connectivity index (χ4n) is 7.56. The molecule has 0 saturated carbocycles. The van der Waals surface area contributed by atoms with E-state index in [-0.39, 0.29) is 48.9 Å². The van der Waals surface area contributed by atoms with Crippen LogP contribution in [0.1, 0.15) is 72.3 Å². The van der Waals surface area contributed by atoms with Crippen molar-refractivity contribution in [3.63, 3.8) is 0 Å². The molecule has 2 rings (SSSR count). The summed E-state index contributed by atoms with van der Waals surface area (Å²) in [7, 11) is 6.57. The van der Waals surface area contributed by atoms with E-state index >= 15 is 0 Å². The van der Waals surface area contributed by atoms with E-state index in [4.69, 9.17) is 15.2 Å². The molecule has 1 aliphatic rings. The van der Waals surface area contributed by atoms with Crippen LogP contribution in [0.2, 0.25) is 0 Å². The lowest BCUT2D eigenvalue weighted by Crippen LogP contribution is -2.55. The van der Waals surface area contributed by atoms with Crippen LogP contribution in [0.4, 0.5) is 0 Å². The van der Waals surface area contributed by atoms with Gasteiger partial charge in [-0.3, -0.25) is 24.1 Å². The highest BCUT2D eigenvalue weighted by atomic mass is 16.5. The summed E-state index contributed by atoms with van der Waals surface area (Å²) in [5.41, 5.74) is 6.45. The van der Waals surface area contributed by atoms with Gasteiger partial charge in [0, 0.05) is 34.2 Å². The molecule has 1 fully saturated rings. The van der Waals surface area contributed by atoms with E-state index in [2.05, 4.69) is 10.6 Å². The van der Waals surface area contributed by atoms with Crippen LogP contribution in [0.5, 0.6) is 0 Å². The summed E-state index contributed by atoms with van der Waals surface area (Å²) < 4.78 is 11.8. The summed E-state index contributed by atoms with van der Waals surface area (Å²) >= 11 is 0. The Balaban J connectivity index is 2.16. The Hall–Kier alpha value is -3.59. The normalized spacial score (nSPS) is 18.5. The van der Waals surface area contributed by atoms with Crippen molar-refractivity contribution in [3.05, 3.63) is 35.9 Å². The number of carboxylic acids is 1. The van der Waals surface area contributed by atoms with Crippen LogP contribution < -0.4 is 16.4 Å². The first kappa shape index (κ1) is 45.6. The van der Waals surface area contributed by atoms with Crippen LogP contribution in [-0.2, 0) is 39.9 Å². The van der Waals surface area contributed by atoms with Crippen molar-refractivity contribution in [1.82, 2.24) is 25.3 Å². The summed E-state index contributed by atoms with van der Waals surface area (Å²) in [6.45, 7) is 11.1. The average molecular weight is 747 g/mol. The van der Waals surface area contributed by atoms with E-state index in [1.807, 2.05) is 70.0 Å². The summed E-state index contributed by atoms with van der Waals surface area (Å²) in [6, 6.07) is 6.66. The molecule has 5 N–H and O–H groups in total. The lowest BCUT2D eigenvalue weighted by molar-refractivity contribution is -0.147. The molecule has 0 aliphatic carbocycles. The van der Waals surface area contributed by atoms with Gasteiger partial charge in [-0.05, 0) is 56.8 Å². The Morgan fingerprint density at radius 1 is 1.02 bits per heavy atom. The molecule has 14 heteroatoms. The van der Waals surface area contributed by atoms with Crippen molar-refractivity contribution in [2.24, 2.45) is 23.5 Å². The number of aliphatic carboxylic acids is 1. The number of methoxy groups -OCH3 is 2. The van der Waals surface area contributed by atoms with Crippen LogP contribution in [-0.4, -0.2) is 140 Å². The number of hydrogen-bond acceptors (Lipinski definition) is 9. The van der Waals surface area contributed by atoms with Crippen LogP contribution in [0, 0.1) is 17.8 Å². The third-order valence-corrected chi connectivity index (χ3v) is 10.7. The van der Waals surface area contributed by atoms with Gasteiger partial charge >= 0.3 is 5.97 Å². The number of carboxylic acid groups (broad SMARTS) is 1. The molecule has 0 radical (unpaired) electrons. The zero-order chi connectivity index (χ0) is 39.8. The fourth-order valence-corrected chi connectivity index (χ4v) is 7.56. The van der Waals surface area contributed by atoms with Crippen LogP contribution in [0.25, 0.3) is 0 Å². The second kappa shape index (κ2) is 22.6. The molecule has 53 heavy (non-hydrogen) atoms. The van der Waals surface area contributed by atoms with Crippen LogP contribution in [0.15, 0.2) is 30.3 Å². The highest BCUT2D eigenvalue weighted by Gasteiger charge is 2.42. The van der Waals surface area contributed by atoms with Gasteiger partial charge in [-0.1, -0.05) is 71.4 Å². The monoisotopic (exact) mass is 746 g/mol. The molecule has 300 valence electrons. The number of carbonyl (C=O) groups excluding carboxylic acids is 4. The molecule has 1 aliphatic heterocycles. The third-order valence-electron chi connectivity index (χ3n) is 10.7. The first-order valence-corrected chi connectivity index (χ1v) is 19.0. The zero-order valence-corrected chi connectivity index (χ0v) is 33.4. The molecule has 0 bridgehead atoms. The first-order chi connectivity index (χ1) is 25.1. The minimum atomic E-state index is -1.14. The predicted molar refractivity (Wildman–Crippen MR) is 204 cm³/mol. The van der Waals surface area contributed by atoms with E-state index in [0.29, 0.717) is 32.5 Å². The molecule has 0 spiro atoms. The SMILES string of the molecule is CCC(C)C(C(CC(=O)N1CCCC1C(OC)C(C)C(=O)NC(Cc1ccccc1)C(=O)O)OC)N(C)C(=O)CNC(=O)C(C(C)C)N(C)CCCN. The van der Waals surface area contributed by atoms with Gasteiger partial charge in [0.05, 0.1) is 49.2 Å². The number of rotatable bonds is 23. The van der Waals surface area contributed by atoms with Gasteiger partial charge in [0.25, 0.3) is 0 Å². The predicted octanol–water partition coefficient (Wildman–Crippen LogP) is 2.14. The van der Waals surface area contributed by atoms with Crippen molar-refractivity contribution < 1.29 is 38.6 Å². The standard InChI is InChI=1S/C39H66N6O8/c1-10-26(4)35(44(7)33(47)24-41-38(49)34(25(2)3)43(6)20-15-19-40)31(52-8)23-32(46)45-21-14-18-30(45)36(53-9)27(5)37(48)42-29(39(50)51)22-28-16-12-11-13-17-28/h11-13,16-17,25-27,29-31,34-36H,10,14-15,18-24,40H2,1-9H3,(H,41,49)(H,42,48)(H,50,51). The Morgan fingerprint density at radius 2 is 1.68 bits per heavy atom. The third kappa shape index (κ3) is 13.0. The first-order valence-electron chi connectivity index (χ1n) is 19.0. The summed E-state index contributed by atoms with van der Waals surface area (Å²) in [4.78, 5) is 71.6. The van der Waals surface area contributed by atoms with Crippen molar-refractivity contribution in [2.75, 3.05) is 54.5 Å². The number of likely N-dealkylation sites (tertiary alicyclic amines) is 1. The maximum atomic E-state index is 14.0. The Bertz CT molecular complexity index is 1320. The molecule has 1 heterocycles. The maximum absolute atomic E-state index is 14.0. The smallest absolute Gasteiger partial charge is 0.326 e. The summed E-state index contributed by atoms with van der Waals surface area (Å²) in [6.07, 6.45) is 1.57. The molecule has 0 aromatic heterocycles. The van der Waals surface area contributed by atoms with E-state index in [0.717, 1.165) is 18.4 Å². The van der Waals surface area contributed by atoms with Gasteiger partial charge in [-0.15, -0.1) is 0 Å². The quantitative estimate of drug-likeness (QED) is 0.129. The molecule has 1 aromatic rings. The number of nitrogens with zero attached hydrogens (tertiary/aromatic N) is 3. The van der Waals surface area contributed by atoms with E-state index in [1.165, 1.54) is 14.2 Å². The maximum Gasteiger partial charge on any atom is 0.326 e. The second-order valence-electron chi connectivity index (χ2n) is 14.8. The molecule has 1 aromatic carbocycles. The number of ether oxygens (including phenoxy) is 2. The van der Waals surface area contributed by atoms with E-state index < -0.39 is 54.2 Å². The van der Waals surface area contributed by atoms with Gasteiger partial charge in [0.1, 0.15) is 6.04 Å². The topological polar surface area (TPSA) is 184 Å². The minimum absolute atomic E-state index is 0.0114. The van der Waals surface area contributed by atoms with Crippen molar-refractivity contribution in [1.29, 1.82) is 0 Å². The van der Waals surface area contributed by atoms with Gasteiger partial charge < -0.3 is 40.7 Å². The lowest BCUT2D eigenvalue weighted by Gasteiger charge is -2.39. The van der Waals surface area contributed by atoms with Gasteiger partial charge in [-0.2, -0.15) is 0 Å². The fraction of sp³-hybridized carbons (Fsp3) is 0.718. The van der Waals surface area contributed by atoms with Crippen molar-refractivity contribution in [2.45, 2.75) is 110 Å². The number of hydrogen-bond donors (Lipinski definition) is 4. The molecule has 14 nitrogen and oxygen atoms in total. The average Bonchev–Trinajstić information content (AvgIpc) is 3.62. The second-order valence-corrected chi connectivity index (χ2v) is 14.8. The van der Waals surface area contributed by atoms with Crippen molar-refractivity contribution in [3.8, 4) is 0 Å². The molecular weight excluding hydrogens is 680 g/mol. The Labute approximate surface area is 316 Å². The van der Waals surface area contributed by atoms with Crippen LogP contribution in [0.3, 0.4) is 0 Å². The number of amides is 4. The van der Waals surface area contributed by atoms with Crippen LogP contribution >= 0.6 is 0 Å². The van der Waals surface area contributed by atoms with E-state index in [1.54, 1.807) is 23.8 Å². The molecule has 1 saturated heterocycles. The molecule has 8 atom stereocenters. The number of benzene rings is 1. The number of likely N-dealkylation sites (N-methyl/N-ethyl adjacent to an activating group) is 2. The minimum Gasteiger partial charge on any atom is -0.480 e. The van der Waals surface area contributed by atoms with E-state index in [9.17, 15) is 29.1 Å². The summed E-state index contributed by atoms with van der Waals surface area (Å²) in [5, 5.41) is 15.4. The number of nitrogens with one attached hydrogen (secondary N) is 2. The molecule has 4 amide bonds. The largest absolute Gasteiger partial charge is 0.480 e. The zero-order valence-electron chi connectivity index (χ0n) is 33.4. The highest BCUT2D eigenvalue weighted by Crippen LogP contribution is 2.29. The highest BCUT2D eigenvalue weighted by molar-refractivity contribution is 5.88. The Morgan fingerprint density at radius 3 is 2.23 bits per heavy atom. The van der Waals surface area contributed by atoms with Gasteiger partial charge in [0.2, 0.25) is 23.6 Å². The lowest BCUT2D eigenvalue weighted by atomic mass is 9.90. The Kier molecular flexibility index (Phi) is 19.4. The van der Waals surface area contributed by atoms with Crippen molar-refractivity contribution >= 4 is 29.6 Å². The summed E-state index contributed by atoms with van der Waals surface area (Å²) in [5.74, 6) is -3.10. The number of carbonyl (C=O) groups is 5. The molecular formula is C39H66N6O8. The number of nitrogens with two attached hydrogens (primary N) is 1. The van der Waals surface area contributed by atoms with Gasteiger partial charge in [0.15, 0.2) is 0 Å².